The molecule has 0 aliphatic rings. The largest absolute Gasteiger partial charge is 0.396 e. The Morgan fingerprint density at radius 1 is 1.47 bits per heavy atom. The SMILES string of the molecule is COC(C)c1noc(-c2ccc(F)c(N)c2)n1. The Morgan fingerprint density at radius 3 is 2.88 bits per heavy atom. The molecule has 1 atom stereocenters. The predicted molar refractivity (Wildman–Crippen MR) is 59.5 cm³/mol. The molecule has 1 aromatic heterocycles. The Balaban J connectivity index is 2.33. The van der Waals surface area contributed by atoms with Gasteiger partial charge in [0.25, 0.3) is 5.89 Å². The summed E-state index contributed by atoms with van der Waals surface area (Å²) in [5.41, 5.74) is 6.08. The number of nitrogens with two attached hydrogens (primary N) is 1. The minimum atomic E-state index is -0.473. The second-order valence-electron chi connectivity index (χ2n) is 3.57. The third-order valence-electron chi connectivity index (χ3n) is 2.40. The Hall–Kier alpha value is -1.95. The van der Waals surface area contributed by atoms with Crippen LogP contribution in [0.4, 0.5) is 10.1 Å². The summed E-state index contributed by atoms with van der Waals surface area (Å²) in [5, 5.41) is 3.77. The minimum absolute atomic E-state index is 0.0436. The van der Waals surface area contributed by atoms with E-state index in [4.69, 9.17) is 15.0 Å². The molecule has 0 radical (unpaired) electrons. The van der Waals surface area contributed by atoms with Crippen molar-refractivity contribution >= 4 is 5.69 Å². The van der Waals surface area contributed by atoms with E-state index in [9.17, 15) is 4.39 Å². The zero-order valence-corrected chi connectivity index (χ0v) is 9.48. The van der Waals surface area contributed by atoms with E-state index in [2.05, 4.69) is 10.1 Å². The molecule has 2 rings (SSSR count). The van der Waals surface area contributed by atoms with Gasteiger partial charge in [-0.15, -0.1) is 0 Å². The summed E-state index contributed by atoms with van der Waals surface area (Å²) in [7, 11) is 1.55. The fourth-order valence-electron chi connectivity index (χ4n) is 1.30. The fourth-order valence-corrected chi connectivity index (χ4v) is 1.30. The van der Waals surface area contributed by atoms with Crippen molar-refractivity contribution in [2.24, 2.45) is 0 Å². The van der Waals surface area contributed by atoms with Gasteiger partial charge in [-0.3, -0.25) is 0 Å². The van der Waals surface area contributed by atoms with Gasteiger partial charge in [-0.05, 0) is 25.1 Å². The van der Waals surface area contributed by atoms with Crippen LogP contribution < -0.4 is 5.73 Å². The van der Waals surface area contributed by atoms with E-state index < -0.39 is 5.82 Å². The number of nitrogens with zero attached hydrogens (tertiary/aromatic N) is 2. The standard InChI is InChI=1S/C11H12FN3O2/c1-6(16-2)10-14-11(17-15-10)7-3-4-8(12)9(13)5-7/h3-6H,13H2,1-2H3. The lowest BCUT2D eigenvalue weighted by Gasteiger charge is -2.01. The molecule has 0 amide bonds. The van der Waals surface area contributed by atoms with Gasteiger partial charge < -0.3 is 15.0 Å². The van der Waals surface area contributed by atoms with Crippen LogP contribution in [0.5, 0.6) is 0 Å². The summed E-state index contributed by atoms with van der Waals surface area (Å²) in [6.07, 6.45) is -0.259. The lowest BCUT2D eigenvalue weighted by molar-refractivity contribution is 0.109. The summed E-state index contributed by atoms with van der Waals surface area (Å²) >= 11 is 0. The zero-order chi connectivity index (χ0) is 12.4. The molecule has 17 heavy (non-hydrogen) atoms. The summed E-state index contributed by atoms with van der Waals surface area (Å²) < 4.78 is 23.1. The van der Waals surface area contributed by atoms with Crippen molar-refractivity contribution < 1.29 is 13.7 Å². The number of aromatic nitrogens is 2. The van der Waals surface area contributed by atoms with Gasteiger partial charge in [0, 0.05) is 12.7 Å². The molecule has 1 aromatic carbocycles. The molecule has 1 unspecified atom stereocenters. The number of ether oxygens (including phenoxy) is 1. The Labute approximate surface area is 97.4 Å². The van der Waals surface area contributed by atoms with Gasteiger partial charge in [0.2, 0.25) is 5.82 Å². The number of benzene rings is 1. The van der Waals surface area contributed by atoms with Crippen molar-refractivity contribution in [2.75, 3.05) is 12.8 Å². The number of hydrogen-bond donors (Lipinski definition) is 1. The summed E-state index contributed by atoms with van der Waals surface area (Å²) in [6, 6.07) is 4.23. The number of hydrogen-bond acceptors (Lipinski definition) is 5. The number of rotatable bonds is 3. The smallest absolute Gasteiger partial charge is 0.258 e. The Morgan fingerprint density at radius 2 is 2.24 bits per heavy atom. The van der Waals surface area contributed by atoms with Crippen molar-refractivity contribution in [1.82, 2.24) is 10.1 Å². The highest BCUT2D eigenvalue weighted by molar-refractivity contribution is 5.60. The zero-order valence-electron chi connectivity index (χ0n) is 9.48. The Bertz CT molecular complexity index is 527. The van der Waals surface area contributed by atoms with Crippen LogP contribution in [-0.2, 0) is 4.74 Å². The molecule has 0 aliphatic heterocycles. The van der Waals surface area contributed by atoms with Gasteiger partial charge in [0.05, 0.1) is 5.69 Å². The monoisotopic (exact) mass is 237 g/mol. The van der Waals surface area contributed by atoms with Crippen LogP contribution in [0.15, 0.2) is 22.7 Å². The number of nitrogen functional groups attached to an aromatic ring is 1. The van der Waals surface area contributed by atoms with Crippen LogP contribution in [0.3, 0.4) is 0 Å². The molecule has 1 heterocycles. The maximum absolute atomic E-state index is 13.0. The topological polar surface area (TPSA) is 74.2 Å². The second-order valence-corrected chi connectivity index (χ2v) is 3.57. The van der Waals surface area contributed by atoms with Gasteiger partial charge in [-0.2, -0.15) is 4.98 Å². The van der Waals surface area contributed by atoms with E-state index in [1.165, 1.54) is 18.2 Å². The van der Waals surface area contributed by atoms with Crippen LogP contribution in [0.2, 0.25) is 0 Å². The number of anilines is 1. The lowest BCUT2D eigenvalue weighted by atomic mass is 10.2. The third-order valence-corrected chi connectivity index (χ3v) is 2.40. The van der Waals surface area contributed by atoms with Crippen LogP contribution in [0, 0.1) is 5.82 Å². The second kappa shape index (κ2) is 4.50. The normalized spacial score (nSPS) is 12.6. The van der Waals surface area contributed by atoms with Crippen molar-refractivity contribution in [3.8, 4) is 11.5 Å². The average molecular weight is 237 g/mol. The van der Waals surface area contributed by atoms with Crippen molar-refractivity contribution in [1.29, 1.82) is 0 Å². The van der Waals surface area contributed by atoms with Crippen LogP contribution >= 0.6 is 0 Å². The van der Waals surface area contributed by atoms with Crippen molar-refractivity contribution in [3.05, 3.63) is 29.8 Å². The molecule has 0 fully saturated rings. The third kappa shape index (κ3) is 2.26. The van der Waals surface area contributed by atoms with Gasteiger partial charge in [0.1, 0.15) is 11.9 Å². The van der Waals surface area contributed by atoms with E-state index in [1.807, 2.05) is 0 Å². The van der Waals surface area contributed by atoms with Gasteiger partial charge in [-0.1, -0.05) is 5.16 Å². The molecule has 0 spiro atoms. The summed E-state index contributed by atoms with van der Waals surface area (Å²) in [4.78, 5) is 4.14. The molecule has 0 saturated heterocycles. The van der Waals surface area contributed by atoms with Crippen LogP contribution in [0.25, 0.3) is 11.5 Å². The first-order valence-electron chi connectivity index (χ1n) is 5.03. The van der Waals surface area contributed by atoms with E-state index in [-0.39, 0.29) is 17.7 Å². The highest BCUT2D eigenvalue weighted by Crippen LogP contribution is 2.23. The van der Waals surface area contributed by atoms with E-state index in [0.29, 0.717) is 11.4 Å². The fraction of sp³-hybridized carbons (Fsp3) is 0.273. The molecular formula is C11H12FN3O2. The van der Waals surface area contributed by atoms with Gasteiger partial charge in [0.15, 0.2) is 0 Å². The highest BCUT2D eigenvalue weighted by Gasteiger charge is 2.14. The average Bonchev–Trinajstić information content (AvgIpc) is 2.81. The molecular weight excluding hydrogens is 225 g/mol. The van der Waals surface area contributed by atoms with Gasteiger partial charge >= 0.3 is 0 Å². The van der Waals surface area contributed by atoms with E-state index in [1.54, 1.807) is 14.0 Å². The van der Waals surface area contributed by atoms with Gasteiger partial charge in [-0.25, -0.2) is 4.39 Å². The molecule has 0 bridgehead atoms. The lowest BCUT2D eigenvalue weighted by Crippen LogP contribution is -1.97. The maximum Gasteiger partial charge on any atom is 0.258 e. The van der Waals surface area contributed by atoms with Crippen LogP contribution in [-0.4, -0.2) is 17.3 Å². The first-order valence-corrected chi connectivity index (χ1v) is 5.03. The van der Waals surface area contributed by atoms with Crippen molar-refractivity contribution in [3.63, 3.8) is 0 Å². The Kier molecular flexibility index (Phi) is 3.06. The highest BCUT2D eigenvalue weighted by atomic mass is 19.1. The van der Waals surface area contributed by atoms with E-state index >= 15 is 0 Å². The van der Waals surface area contributed by atoms with E-state index in [0.717, 1.165) is 0 Å². The summed E-state index contributed by atoms with van der Waals surface area (Å²) in [6.45, 7) is 1.80. The quantitative estimate of drug-likeness (QED) is 0.828. The molecule has 2 aromatic rings. The molecule has 0 aliphatic carbocycles. The molecule has 0 saturated carbocycles. The van der Waals surface area contributed by atoms with Crippen LogP contribution in [0.1, 0.15) is 18.9 Å². The number of methoxy groups -OCH3 is 1. The molecule has 2 N–H and O–H groups in total. The summed E-state index contributed by atoms with van der Waals surface area (Å²) in [5.74, 6) is 0.250. The predicted octanol–water partition coefficient (Wildman–Crippen LogP) is 2.17. The first kappa shape index (κ1) is 11.5. The molecule has 5 nitrogen and oxygen atoms in total. The molecule has 90 valence electrons. The minimum Gasteiger partial charge on any atom is -0.396 e. The number of halogens is 1. The van der Waals surface area contributed by atoms with Crippen molar-refractivity contribution in [2.45, 2.75) is 13.0 Å². The first-order chi connectivity index (χ1) is 8.11. The molecule has 6 heteroatoms. The maximum atomic E-state index is 13.0.